The fraction of sp³-hybridized carbons (Fsp3) is 0.562. The standard InChI is InChI=1S/C16H22N2O/c1-17-10-11-18(9-8-16(17)19)15-7-6-13-4-2-3-5-14(13)12-15/h2-5,15H,6-12H2,1H3. The molecule has 1 aliphatic heterocycles. The summed E-state index contributed by atoms with van der Waals surface area (Å²) in [6.07, 6.45) is 4.23. The second-order valence-corrected chi connectivity index (χ2v) is 5.77. The van der Waals surface area contributed by atoms with Crippen molar-refractivity contribution < 1.29 is 4.79 Å². The molecular weight excluding hydrogens is 236 g/mol. The zero-order valence-electron chi connectivity index (χ0n) is 11.6. The fourth-order valence-corrected chi connectivity index (χ4v) is 3.30. The van der Waals surface area contributed by atoms with Crippen molar-refractivity contribution in [2.75, 3.05) is 26.7 Å². The first-order valence-electron chi connectivity index (χ1n) is 7.29. The van der Waals surface area contributed by atoms with E-state index in [9.17, 15) is 4.79 Å². The topological polar surface area (TPSA) is 23.6 Å². The molecule has 0 saturated carbocycles. The highest BCUT2D eigenvalue weighted by atomic mass is 16.2. The van der Waals surface area contributed by atoms with Crippen molar-refractivity contribution in [3.8, 4) is 0 Å². The van der Waals surface area contributed by atoms with Gasteiger partial charge in [0.1, 0.15) is 0 Å². The number of nitrogens with zero attached hydrogens (tertiary/aromatic N) is 2. The SMILES string of the molecule is CN1CCN(C2CCc3ccccc3C2)CCC1=O. The molecule has 1 unspecified atom stereocenters. The Kier molecular flexibility index (Phi) is 3.56. The predicted molar refractivity (Wildman–Crippen MR) is 76.1 cm³/mol. The fourth-order valence-electron chi connectivity index (χ4n) is 3.30. The summed E-state index contributed by atoms with van der Waals surface area (Å²) >= 11 is 0. The molecule has 1 aromatic carbocycles. The van der Waals surface area contributed by atoms with Gasteiger partial charge in [0, 0.05) is 39.1 Å². The van der Waals surface area contributed by atoms with E-state index in [1.54, 1.807) is 0 Å². The van der Waals surface area contributed by atoms with Gasteiger partial charge >= 0.3 is 0 Å². The molecule has 3 heteroatoms. The highest BCUT2D eigenvalue weighted by Gasteiger charge is 2.26. The maximum Gasteiger partial charge on any atom is 0.223 e. The molecule has 2 aliphatic rings. The summed E-state index contributed by atoms with van der Waals surface area (Å²) in [4.78, 5) is 16.1. The monoisotopic (exact) mass is 258 g/mol. The van der Waals surface area contributed by atoms with E-state index in [0.717, 1.165) is 26.1 Å². The van der Waals surface area contributed by atoms with Gasteiger partial charge in [-0.2, -0.15) is 0 Å². The first-order chi connectivity index (χ1) is 9.24. The Labute approximate surface area is 115 Å². The number of amides is 1. The maximum atomic E-state index is 11.7. The summed E-state index contributed by atoms with van der Waals surface area (Å²) in [7, 11) is 1.92. The molecule has 19 heavy (non-hydrogen) atoms. The lowest BCUT2D eigenvalue weighted by Crippen LogP contribution is -2.41. The van der Waals surface area contributed by atoms with Crippen LogP contribution >= 0.6 is 0 Å². The molecule has 1 heterocycles. The second kappa shape index (κ2) is 5.33. The molecular formula is C16H22N2O. The molecule has 3 rings (SSSR count). The molecule has 1 aromatic rings. The molecule has 102 valence electrons. The Hall–Kier alpha value is -1.35. The molecule has 1 aliphatic carbocycles. The summed E-state index contributed by atoms with van der Waals surface area (Å²) in [6.45, 7) is 2.82. The number of rotatable bonds is 1. The lowest BCUT2D eigenvalue weighted by Gasteiger charge is -2.34. The van der Waals surface area contributed by atoms with E-state index in [0.29, 0.717) is 18.4 Å². The van der Waals surface area contributed by atoms with Crippen LogP contribution in [0.2, 0.25) is 0 Å². The Morgan fingerprint density at radius 2 is 1.84 bits per heavy atom. The Bertz CT molecular complexity index is 472. The summed E-state index contributed by atoms with van der Waals surface area (Å²) in [5, 5.41) is 0. The summed E-state index contributed by atoms with van der Waals surface area (Å²) in [5.41, 5.74) is 3.02. The maximum absolute atomic E-state index is 11.7. The number of fused-ring (bicyclic) bond motifs is 1. The second-order valence-electron chi connectivity index (χ2n) is 5.77. The number of aryl methyl sites for hydroxylation is 1. The predicted octanol–water partition coefficient (Wildman–Crippen LogP) is 1.71. The Morgan fingerprint density at radius 3 is 2.68 bits per heavy atom. The summed E-state index contributed by atoms with van der Waals surface area (Å²) in [6, 6.07) is 9.41. The summed E-state index contributed by atoms with van der Waals surface area (Å²) < 4.78 is 0. The molecule has 0 N–H and O–H groups in total. The zero-order valence-corrected chi connectivity index (χ0v) is 11.6. The van der Waals surface area contributed by atoms with Crippen molar-refractivity contribution in [1.29, 1.82) is 0 Å². The largest absolute Gasteiger partial charge is 0.344 e. The number of hydrogen-bond donors (Lipinski definition) is 0. The van der Waals surface area contributed by atoms with Crippen LogP contribution in [0.3, 0.4) is 0 Å². The highest BCUT2D eigenvalue weighted by molar-refractivity contribution is 5.76. The van der Waals surface area contributed by atoms with Crippen molar-refractivity contribution >= 4 is 5.91 Å². The van der Waals surface area contributed by atoms with Crippen LogP contribution in [0.15, 0.2) is 24.3 Å². The average molecular weight is 258 g/mol. The third kappa shape index (κ3) is 2.66. The normalized spacial score (nSPS) is 25.0. The van der Waals surface area contributed by atoms with Gasteiger partial charge in [-0.25, -0.2) is 0 Å². The molecule has 0 aromatic heterocycles. The van der Waals surface area contributed by atoms with E-state index in [1.807, 2.05) is 11.9 Å². The van der Waals surface area contributed by atoms with Crippen molar-refractivity contribution in [3.05, 3.63) is 35.4 Å². The van der Waals surface area contributed by atoms with Gasteiger partial charge in [-0.05, 0) is 30.4 Å². The van der Waals surface area contributed by atoms with Crippen LogP contribution in [0.5, 0.6) is 0 Å². The van der Waals surface area contributed by atoms with Crippen LogP contribution in [-0.4, -0.2) is 48.4 Å². The molecule has 1 atom stereocenters. The Balaban J connectivity index is 1.69. The van der Waals surface area contributed by atoms with E-state index in [4.69, 9.17) is 0 Å². The van der Waals surface area contributed by atoms with Gasteiger partial charge in [0.05, 0.1) is 0 Å². The third-order valence-electron chi connectivity index (χ3n) is 4.60. The van der Waals surface area contributed by atoms with E-state index < -0.39 is 0 Å². The number of carbonyl (C=O) groups excluding carboxylic acids is 1. The van der Waals surface area contributed by atoms with E-state index >= 15 is 0 Å². The molecule has 1 saturated heterocycles. The first-order valence-corrected chi connectivity index (χ1v) is 7.29. The Morgan fingerprint density at radius 1 is 1.05 bits per heavy atom. The van der Waals surface area contributed by atoms with Gasteiger partial charge in [0.25, 0.3) is 0 Å². The van der Waals surface area contributed by atoms with E-state index in [-0.39, 0.29) is 0 Å². The van der Waals surface area contributed by atoms with Gasteiger partial charge in [-0.3, -0.25) is 9.69 Å². The smallest absolute Gasteiger partial charge is 0.223 e. The van der Waals surface area contributed by atoms with Gasteiger partial charge in [0.15, 0.2) is 0 Å². The minimum atomic E-state index is 0.290. The number of likely N-dealkylation sites (N-methyl/N-ethyl adjacent to an activating group) is 1. The van der Waals surface area contributed by atoms with Crippen LogP contribution in [0.25, 0.3) is 0 Å². The zero-order chi connectivity index (χ0) is 13.2. The first kappa shape index (κ1) is 12.7. The lowest BCUT2D eigenvalue weighted by atomic mass is 9.87. The molecule has 0 radical (unpaired) electrons. The van der Waals surface area contributed by atoms with Crippen molar-refractivity contribution in [2.24, 2.45) is 0 Å². The van der Waals surface area contributed by atoms with Crippen LogP contribution in [0.1, 0.15) is 24.0 Å². The van der Waals surface area contributed by atoms with Crippen molar-refractivity contribution in [3.63, 3.8) is 0 Å². The molecule has 1 amide bonds. The van der Waals surface area contributed by atoms with Crippen molar-refractivity contribution in [1.82, 2.24) is 9.80 Å². The molecule has 0 bridgehead atoms. The summed E-state index contributed by atoms with van der Waals surface area (Å²) in [5.74, 6) is 0.290. The van der Waals surface area contributed by atoms with Crippen LogP contribution in [-0.2, 0) is 17.6 Å². The molecule has 1 fully saturated rings. The van der Waals surface area contributed by atoms with E-state index in [2.05, 4.69) is 29.2 Å². The molecule has 0 spiro atoms. The van der Waals surface area contributed by atoms with E-state index in [1.165, 1.54) is 24.0 Å². The third-order valence-corrected chi connectivity index (χ3v) is 4.60. The van der Waals surface area contributed by atoms with Gasteiger partial charge < -0.3 is 4.90 Å². The van der Waals surface area contributed by atoms with Crippen molar-refractivity contribution in [2.45, 2.75) is 31.7 Å². The van der Waals surface area contributed by atoms with Gasteiger partial charge in [0.2, 0.25) is 5.91 Å². The van der Waals surface area contributed by atoms with Crippen LogP contribution in [0.4, 0.5) is 0 Å². The quantitative estimate of drug-likeness (QED) is 0.765. The van der Waals surface area contributed by atoms with Gasteiger partial charge in [-0.15, -0.1) is 0 Å². The number of carbonyl (C=O) groups is 1. The molecule has 3 nitrogen and oxygen atoms in total. The minimum absolute atomic E-state index is 0.290. The van der Waals surface area contributed by atoms with Crippen LogP contribution in [0, 0.1) is 0 Å². The number of hydrogen-bond acceptors (Lipinski definition) is 2. The average Bonchev–Trinajstić information content (AvgIpc) is 2.61. The van der Waals surface area contributed by atoms with Crippen LogP contribution < -0.4 is 0 Å². The van der Waals surface area contributed by atoms with Gasteiger partial charge in [-0.1, -0.05) is 24.3 Å². The number of benzene rings is 1. The minimum Gasteiger partial charge on any atom is -0.344 e. The lowest BCUT2D eigenvalue weighted by molar-refractivity contribution is -0.129. The highest BCUT2D eigenvalue weighted by Crippen LogP contribution is 2.25.